The van der Waals surface area contributed by atoms with Crippen LogP contribution in [0.3, 0.4) is 0 Å². The van der Waals surface area contributed by atoms with Crippen molar-refractivity contribution in [3.05, 3.63) is 0 Å². The number of hydrogen-bond donors (Lipinski definition) is 0. The van der Waals surface area contributed by atoms with E-state index in [4.69, 9.17) is 46.4 Å². The molecule has 0 aliphatic rings. The molecule has 0 saturated carbocycles. The van der Waals surface area contributed by atoms with Crippen molar-refractivity contribution in [3.8, 4) is 0 Å². The molecular weight excluding hydrogens is 326 g/mol. The molecule has 0 heterocycles. The highest BCUT2D eigenvalue weighted by molar-refractivity contribution is 6.68. The van der Waals surface area contributed by atoms with Crippen molar-refractivity contribution in [1.29, 1.82) is 0 Å². The summed E-state index contributed by atoms with van der Waals surface area (Å²) in [6.07, 6.45) is -0.478. The molecule has 0 aromatic carbocycles. The number of ketones is 2. The monoisotopic (exact) mass is 334 g/mol. The Morgan fingerprint density at radius 3 is 1.78 bits per heavy atom. The number of Topliss-reactive ketones (excluding diaryl/α,β-unsaturated/α-hetero) is 2. The topological polar surface area (TPSA) is 68.3 Å². The lowest BCUT2D eigenvalue weighted by molar-refractivity contribution is -0.137. The van der Waals surface area contributed by atoms with Crippen molar-refractivity contribution >= 4 is 68.5 Å². The average Bonchev–Trinajstić information content (AvgIpc) is 2.23. The minimum Gasteiger partial charge on any atom is -0.291 e. The first-order chi connectivity index (χ1) is 8.16. The molecule has 0 fully saturated rings. The van der Waals surface area contributed by atoms with Gasteiger partial charge in [-0.3, -0.25) is 19.2 Å². The second-order valence-corrected chi connectivity index (χ2v) is 5.85. The van der Waals surface area contributed by atoms with E-state index >= 15 is 0 Å². The van der Waals surface area contributed by atoms with Gasteiger partial charge < -0.3 is 0 Å². The quantitative estimate of drug-likeness (QED) is 0.369. The largest absolute Gasteiger partial charge is 0.291 e. The van der Waals surface area contributed by atoms with Crippen LogP contribution in [0.15, 0.2) is 0 Å². The third kappa shape index (κ3) is 7.31. The standard InChI is InChI=1S/C10H10Cl4O4/c11-7(16)2-1-5-10(13,14)9(18)6(15)3-4-8(12)17/h1-5H2. The molecule has 0 radical (unpaired) electrons. The number of carbonyl (C=O) groups is 4. The molecule has 0 rings (SSSR count). The summed E-state index contributed by atoms with van der Waals surface area (Å²) in [4.78, 5) is 43.9. The second kappa shape index (κ2) is 8.10. The summed E-state index contributed by atoms with van der Waals surface area (Å²) in [6.45, 7) is 0. The Hall–Kier alpha value is -0.160. The van der Waals surface area contributed by atoms with Gasteiger partial charge in [-0.15, -0.1) is 0 Å². The Kier molecular flexibility index (Phi) is 8.03. The van der Waals surface area contributed by atoms with Gasteiger partial charge in [-0.1, -0.05) is 23.2 Å². The summed E-state index contributed by atoms with van der Waals surface area (Å²) in [5.74, 6) is -1.88. The molecule has 102 valence electrons. The first-order valence-electron chi connectivity index (χ1n) is 4.99. The molecule has 0 aromatic heterocycles. The van der Waals surface area contributed by atoms with Crippen LogP contribution < -0.4 is 0 Å². The molecular formula is C10H10Cl4O4. The average molecular weight is 336 g/mol. The number of halogens is 4. The molecule has 0 saturated heterocycles. The van der Waals surface area contributed by atoms with Crippen LogP contribution in [-0.4, -0.2) is 26.4 Å². The fourth-order valence-electron chi connectivity index (χ4n) is 1.09. The zero-order valence-corrected chi connectivity index (χ0v) is 12.2. The highest BCUT2D eigenvalue weighted by atomic mass is 35.5. The van der Waals surface area contributed by atoms with Gasteiger partial charge in [0, 0.05) is 19.3 Å². The van der Waals surface area contributed by atoms with E-state index in [1.807, 2.05) is 0 Å². The van der Waals surface area contributed by atoms with Crippen LogP contribution >= 0.6 is 46.4 Å². The fraction of sp³-hybridized carbons (Fsp3) is 0.600. The summed E-state index contributed by atoms with van der Waals surface area (Å²) >= 11 is 21.5. The maximum atomic E-state index is 11.6. The number of alkyl halides is 2. The zero-order chi connectivity index (χ0) is 14.3. The van der Waals surface area contributed by atoms with E-state index in [2.05, 4.69) is 0 Å². The molecule has 4 nitrogen and oxygen atoms in total. The molecule has 0 N–H and O–H groups in total. The highest BCUT2D eigenvalue weighted by Crippen LogP contribution is 2.29. The summed E-state index contributed by atoms with van der Waals surface area (Å²) in [5, 5.41) is -1.30. The van der Waals surface area contributed by atoms with Crippen LogP contribution in [0.4, 0.5) is 0 Å². The number of carbonyl (C=O) groups excluding carboxylic acids is 4. The number of hydrogen-bond acceptors (Lipinski definition) is 4. The molecule has 0 atom stereocenters. The first kappa shape index (κ1) is 17.8. The van der Waals surface area contributed by atoms with Gasteiger partial charge in [0.05, 0.1) is 0 Å². The minimum atomic E-state index is -1.90. The predicted octanol–water partition coefficient (Wildman–Crippen LogP) is 2.78. The van der Waals surface area contributed by atoms with E-state index in [0.717, 1.165) is 0 Å². The SMILES string of the molecule is O=C(Cl)CCCC(Cl)(Cl)C(=O)C(=O)CCC(=O)Cl. The first-order valence-corrected chi connectivity index (χ1v) is 6.50. The van der Waals surface area contributed by atoms with E-state index in [9.17, 15) is 19.2 Å². The Labute approximate surface area is 124 Å². The van der Waals surface area contributed by atoms with Crippen molar-refractivity contribution in [2.75, 3.05) is 0 Å². The van der Waals surface area contributed by atoms with Gasteiger partial charge in [-0.2, -0.15) is 0 Å². The van der Waals surface area contributed by atoms with Crippen molar-refractivity contribution in [2.45, 2.75) is 36.4 Å². The van der Waals surface area contributed by atoms with Crippen molar-refractivity contribution < 1.29 is 19.2 Å². The van der Waals surface area contributed by atoms with E-state index in [-0.39, 0.29) is 32.1 Å². The van der Waals surface area contributed by atoms with Crippen molar-refractivity contribution in [2.24, 2.45) is 0 Å². The maximum absolute atomic E-state index is 11.6. The molecule has 8 heteroatoms. The van der Waals surface area contributed by atoms with Crippen LogP contribution in [0.2, 0.25) is 0 Å². The summed E-state index contributed by atoms with van der Waals surface area (Å²) in [7, 11) is 0. The molecule has 0 spiro atoms. The Morgan fingerprint density at radius 2 is 1.33 bits per heavy atom. The number of rotatable bonds is 9. The minimum absolute atomic E-state index is 0.00435. The van der Waals surface area contributed by atoms with Crippen LogP contribution in [-0.2, 0) is 19.2 Å². The second-order valence-electron chi connectivity index (χ2n) is 3.52. The fourth-order valence-corrected chi connectivity index (χ4v) is 1.80. The van der Waals surface area contributed by atoms with Gasteiger partial charge in [0.2, 0.25) is 22.1 Å². The third-order valence-corrected chi connectivity index (χ3v) is 3.10. The highest BCUT2D eigenvalue weighted by Gasteiger charge is 2.37. The summed E-state index contributed by atoms with van der Waals surface area (Å²) in [6, 6.07) is 0. The van der Waals surface area contributed by atoms with Gasteiger partial charge >= 0.3 is 0 Å². The summed E-state index contributed by atoms with van der Waals surface area (Å²) in [5.41, 5.74) is 0. The van der Waals surface area contributed by atoms with Crippen LogP contribution in [0, 0.1) is 0 Å². The molecule has 0 bridgehead atoms. The molecule has 0 amide bonds. The van der Waals surface area contributed by atoms with Gasteiger partial charge in [0.15, 0.2) is 4.33 Å². The van der Waals surface area contributed by atoms with Gasteiger partial charge in [-0.25, -0.2) is 0 Å². The molecule has 0 aromatic rings. The van der Waals surface area contributed by atoms with Gasteiger partial charge in [0.25, 0.3) is 0 Å². The normalized spacial score (nSPS) is 11.1. The van der Waals surface area contributed by atoms with Gasteiger partial charge in [-0.05, 0) is 36.0 Å². The lowest BCUT2D eigenvalue weighted by atomic mass is 10.0. The molecule has 0 unspecified atom stereocenters. The molecule has 0 aliphatic heterocycles. The molecule has 18 heavy (non-hydrogen) atoms. The van der Waals surface area contributed by atoms with Gasteiger partial charge in [0.1, 0.15) is 0 Å². The molecule has 0 aliphatic carbocycles. The van der Waals surface area contributed by atoms with E-state index in [1.165, 1.54) is 0 Å². The van der Waals surface area contributed by atoms with Crippen molar-refractivity contribution in [1.82, 2.24) is 0 Å². The third-order valence-electron chi connectivity index (χ3n) is 2.00. The predicted molar refractivity (Wildman–Crippen MR) is 69.3 cm³/mol. The van der Waals surface area contributed by atoms with E-state index in [1.54, 1.807) is 0 Å². The van der Waals surface area contributed by atoms with Crippen LogP contribution in [0.1, 0.15) is 32.1 Å². The Bertz CT molecular complexity index is 365. The zero-order valence-electron chi connectivity index (χ0n) is 9.18. The van der Waals surface area contributed by atoms with E-state index < -0.39 is 26.4 Å². The lowest BCUT2D eigenvalue weighted by Gasteiger charge is -2.16. The summed E-state index contributed by atoms with van der Waals surface area (Å²) < 4.78 is -1.90. The Morgan fingerprint density at radius 1 is 0.833 bits per heavy atom. The van der Waals surface area contributed by atoms with Crippen LogP contribution in [0.25, 0.3) is 0 Å². The van der Waals surface area contributed by atoms with E-state index in [0.29, 0.717) is 0 Å². The van der Waals surface area contributed by atoms with Crippen molar-refractivity contribution in [3.63, 3.8) is 0 Å². The smallest absolute Gasteiger partial charge is 0.234 e. The van der Waals surface area contributed by atoms with Crippen LogP contribution in [0.5, 0.6) is 0 Å². The lowest BCUT2D eigenvalue weighted by Crippen LogP contribution is -2.33. The Balaban J connectivity index is 4.31. The maximum Gasteiger partial charge on any atom is 0.234 e.